The van der Waals surface area contributed by atoms with Crippen molar-refractivity contribution in [3.8, 4) is 0 Å². The van der Waals surface area contributed by atoms with E-state index in [2.05, 4.69) is 28.2 Å². The van der Waals surface area contributed by atoms with Gasteiger partial charge in [0.1, 0.15) is 5.69 Å². The zero-order valence-electron chi connectivity index (χ0n) is 11.2. The van der Waals surface area contributed by atoms with Gasteiger partial charge in [0.05, 0.1) is 6.61 Å². The quantitative estimate of drug-likeness (QED) is 0.840. The Labute approximate surface area is 117 Å². The van der Waals surface area contributed by atoms with Crippen molar-refractivity contribution in [2.24, 2.45) is 5.92 Å². The van der Waals surface area contributed by atoms with Crippen LogP contribution in [0.3, 0.4) is 0 Å². The van der Waals surface area contributed by atoms with Crippen molar-refractivity contribution >= 4 is 21.8 Å². The van der Waals surface area contributed by atoms with Crippen molar-refractivity contribution in [1.29, 1.82) is 0 Å². The first kappa shape index (κ1) is 15.2. The lowest BCUT2D eigenvalue weighted by Gasteiger charge is -2.12. The van der Waals surface area contributed by atoms with Crippen LogP contribution in [0.2, 0.25) is 0 Å². The van der Waals surface area contributed by atoms with Crippen LogP contribution >= 0.6 is 15.9 Å². The summed E-state index contributed by atoms with van der Waals surface area (Å²) in [4.78, 5) is 12.1. The minimum atomic E-state index is -0.0305. The number of nitrogens with zero attached hydrogens (tertiary/aromatic N) is 1. The van der Waals surface area contributed by atoms with Gasteiger partial charge in [0.25, 0.3) is 5.91 Å². The highest BCUT2D eigenvalue weighted by molar-refractivity contribution is 9.10. The Morgan fingerprint density at radius 2 is 2.33 bits per heavy atom. The van der Waals surface area contributed by atoms with Crippen LogP contribution in [0.1, 0.15) is 30.8 Å². The lowest BCUT2D eigenvalue weighted by molar-refractivity contribution is 0.0924. The second-order valence-corrected chi connectivity index (χ2v) is 5.42. The van der Waals surface area contributed by atoms with E-state index in [1.807, 2.05) is 23.8 Å². The molecule has 1 aromatic rings. The second-order valence-electron chi connectivity index (χ2n) is 4.51. The summed E-state index contributed by atoms with van der Waals surface area (Å²) in [6, 6.07) is 1.85. The number of methoxy groups -OCH3 is 1. The highest BCUT2D eigenvalue weighted by atomic mass is 79.9. The fourth-order valence-corrected chi connectivity index (χ4v) is 2.26. The van der Waals surface area contributed by atoms with Gasteiger partial charge < -0.3 is 14.6 Å². The molecule has 0 aliphatic rings. The van der Waals surface area contributed by atoms with Crippen LogP contribution in [0.15, 0.2) is 16.7 Å². The topological polar surface area (TPSA) is 43.3 Å². The van der Waals surface area contributed by atoms with Gasteiger partial charge in [-0.25, -0.2) is 0 Å². The summed E-state index contributed by atoms with van der Waals surface area (Å²) in [5.41, 5.74) is 0.702. The molecule has 0 aliphatic carbocycles. The van der Waals surface area contributed by atoms with Crippen LogP contribution in [0.5, 0.6) is 0 Å². The first-order valence-corrected chi connectivity index (χ1v) is 7.00. The number of carbonyl (C=O) groups excluding carboxylic acids is 1. The molecule has 18 heavy (non-hydrogen) atoms. The van der Waals surface area contributed by atoms with Crippen molar-refractivity contribution in [2.75, 3.05) is 20.3 Å². The van der Waals surface area contributed by atoms with Gasteiger partial charge in [-0.1, -0.05) is 13.8 Å². The molecule has 1 N–H and O–H groups in total. The van der Waals surface area contributed by atoms with Crippen LogP contribution in [0, 0.1) is 5.92 Å². The Balaban J connectivity index is 2.60. The number of amides is 1. The van der Waals surface area contributed by atoms with Crippen LogP contribution < -0.4 is 5.32 Å². The zero-order chi connectivity index (χ0) is 13.5. The van der Waals surface area contributed by atoms with Gasteiger partial charge in [-0.2, -0.15) is 0 Å². The molecule has 1 unspecified atom stereocenters. The predicted octanol–water partition coefficient (Wildman–Crippen LogP) is 2.67. The maximum absolute atomic E-state index is 12.1. The Morgan fingerprint density at radius 1 is 1.61 bits per heavy atom. The maximum Gasteiger partial charge on any atom is 0.267 e. The van der Waals surface area contributed by atoms with Gasteiger partial charge in [0.15, 0.2) is 0 Å². The number of hydrogen-bond acceptors (Lipinski definition) is 2. The Morgan fingerprint density at radius 3 is 2.94 bits per heavy atom. The van der Waals surface area contributed by atoms with E-state index in [1.54, 1.807) is 7.11 Å². The van der Waals surface area contributed by atoms with E-state index in [0.29, 0.717) is 24.8 Å². The predicted molar refractivity (Wildman–Crippen MR) is 75.8 cm³/mol. The third-order valence-corrected chi connectivity index (χ3v) is 3.06. The molecule has 1 atom stereocenters. The third-order valence-electron chi connectivity index (χ3n) is 2.62. The van der Waals surface area contributed by atoms with E-state index < -0.39 is 0 Å². The number of rotatable bonds is 7. The number of aryl methyl sites for hydroxylation is 1. The maximum atomic E-state index is 12.1. The summed E-state index contributed by atoms with van der Waals surface area (Å²) in [5.74, 6) is 0.286. The summed E-state index contributed by atoms with van der Waals surface area (Å²) < 4.78 is 7.95. The molecule has 102 valence electrons. The van der Waals surface area contributed by atoms with E-state index in [1.165, 1.54) is 0 Å². The molecular weight excluding hydrogens is 296 g/mol. The summed E-state index contributed by atoms with van der Waals surface area (Å²) in [6.45, 7) is 6.27. The molecule has 4 nitrogen and oxygen atoms in total. The Bertz CT molecular complexity index is 390. The highest BCUT2D eigenvalue weighted by Gasteiger charge is 2.13. The number of halogens is 1. The van der Waals surface area contributed by atoms with Gasteiger partial charge in [-0.3, -0.25) is 4.79 Å². The molecule has 0 saturated heterocycles. The van der Waals surface area contributed by atoms with E-state index in [0.717, 1.165) is 17.4 Å². The van der Waals surface area contributed by atoms with Crippen LogP contribution in [-0.4, -0.2) is 30.7 Å². The first-order valence-electron chi connectivity index (χ1n) is 6.21. The summed E-state index contributed by atoms with van der Waals surface area (Å²) in [7, 11) is 1.67. The van der Waals surface area contributed by atoms with Gasteiger partial charge in [0, 0.05) is 30.9 Å². The standard InChI is InChI=1S/C13H21BrN2O2/c1-4-5-16-8-11(14)6-12(16)13(17)15-7-10(2)9-18-3/h6,8,10H,4-5,7,9H2,1-3H3,(H,15,17). The van der Waals surface area contributed by atoms with Gasteiger partial charge in [-0.15, -0.1) is 0 Å². The molecule has 1 amide bonds. The lowest BCUT2D eigenvalue weighted by Crippen LogP contribution is -2.31. The zero-order valence-corrected chi connectivity index (χ0v) is 12.8. The molecule has 0 aliphatic heterocycles. The molecule has 0 aromatic carbocycles. The number of nitrogens with one attached hydrogen (secondary N) is 1. The molecule has 0 radical (unpaired) electrons. The molecule has 1 aromatic heterocycles. The van der Waals surface area contributed by atoms with Crippen molar-refractivity contribution in [1.82, 2.24) is 9.88 Å². The monoisotopic (exact) mass is 316 g/mol. The van der Waals surface area contributed by atoms with E-state index in [9.17, 15) is 4.79 Å². The van der Waals surface area contributed by atoms with E-state index >= 15 is 0 Å². The summed E-state index contributed by atoms with van der Waals surface area (Å²) in [5, 5.41) is 2.94. The molecular formula is C13H21BrN2O2. The van der Waals surface area contributed by atoms with Crippen molar-refractivity contribution < 1.29 is 9.53 Å². The molecule has 0 saturated carbocycles. The van der Waals surface area contributed by atoms with E-state index in [4.69, 9.17) is 4.74 Å². The van der Waals surface area contributed by atoms with Gasteiger partial charge in [-0.05, 0) is 34.3 Å². The fraction of sp³-hybridized carbons (Fsp3) is 0.615. The Hall–Kier alpha value is -0.810. The SMILES string of the molecule is CCCn1cc(Br)cc1C(=O)NCC(C)COC. The molecule has 5 heteroatoms. The number of aromatic nitrogens is 1. The molecule has 0 spiro atoms. The minimum Gasteiger partial charge on any atom is -0.384 e. The van der Waals surface area contributed by atoms with Gasteiger partial charge in [0.2, 0.25) is 0 Å². The van der Waals surface area contributed by atoms with Crippen LogP contribution in [0.25, 0.3) is 0 Å². The molecule has 0 bridgehead atoms. The number of hydrogen-bond donors (Lipinski definition) is 1. The smallest absolute Gasteiger partial charge is 0.267 e. The second kappa shape index (κ2) is 7.59. The largest absolute Gasteiger partial charge is 0.384 e. The number of ether oxygens (including phenoxy) is 1. The lowest BCUT2D eigenvalue weighted by atomic mass is 10.2. The average Bonchev–Trinajstić information content (AvgIpc) is 2.68. The third kappa shape index (κ3) is 4.46. The van der Waals surface area contributed by atoms with Crippen molar-refractivity contribution in [3.63, 3.8) is 0 Å². The average molecular weight is 317 g/mol. The molecule has 0 fully saturated rings. The highest BCUT2D eigenvalue weighted by Crippen LogP contribution is 2.15. The number of carbonyl (C=O) groups is 1. The fourth-order valence-electron chi connectivity index (χ4n) is 1.79. The summed E-state index contributed by atoms with van der Waals surface area (Å²) >= 11 is 3.41. The van der Waals surface area contributed by atoms with Crippen LogP contribution in [0.4, 0.5) is 0 Å². The minimum absolute atomic E-state index is 0.0305. The van der Waals surface area contributed by atoms with Crippen LogP contribution in [-0.2, 0) is 11.3 Å². The normalized spacial score (nSPS) is 12.4. The van der Waals surface area contributed by atoms with E-state index in [-0.39, 0.29) is 5.91 Å². The molecule has 1 heterocycles. The van der Waals surface area contributed by atoms with Crippen molar-refractivity contribution in [2.45, 2.75) is 26.8 Å². The first-order chi connectivity index (χ1) is 8.58. The van der Waals surface area contributed by atoms with Crippen molar-refractivity contribution in [3.05, 3.63) is 22.4 Å². The molecule has 1 rings (SSSR count). The Kier molecular flexibility index (Phi) is 6.43. The summed E-state index contributed by atoms with van der Waals surface area (Å²) in [6.07, 6.45) is 2.94. The van der Waals surface area contributed by atoms with Gasteiger partial charge >= 0.3 is 0 Å².